The van der Waals surface area contributed by atoms with E-state index in [1.165, 1.54) is 6.42 Å². The van der Waals surface area contributed by atoms with E-state index in [2.05, 4.69) is 0 Å². The van der Waals surface area contributed by atoms with E-state index in [1.54, 1.807) is 18.2 Å². The minimum Gasteiger partial charge on any atom is -0.489 e. The van der Waals surface area contributed by atoms with Gasteiger partial charge in [-0.05, 0) is 37.5 Å². The number of ether oxygens (including phenoxy) is 2. The van der Waals surface area contributed by atoms with Crippen molar-refractivity contribution in [3.8, 4) is 5.75 Å². The molecule has 1 aliphatic carbocycles. The van der Waals surface area contributed by atoms with Gasteiger partial charge in [0.15, 0.2) is 0 Å². The van der Waals surface area contributed by atoms with Crippen molar-refractivity contribution in [3.05, 3.63) is 28.8 Å². The summed E-state index contributed by atoms with van der Waals surface area (Å²) in [5.74, 6) is 0.605. The molecule has 1 saturated heterocycles. The van der Waals surface area contributed by atoms with Crippen LogP contribution in [-0.2, 0) is 4.74 Å². The Morgan fingerprint density at radius 3 is 2.90 bits per heavy atom. The first-order valence-corrected chi connectivity index (χ1v) is 7.40. The number of hydrogen-bond donors (Lipinski definition) is 2. The normalized spacial score (nSPS) is 24.1. The number of hydrogen-bond acceptors (Lipinski definition) is 3. The van der Waals surface area contributed by atoms with Crippen molar-refractivity contribution >= 4 is 17.4 Å². The maximum atomic E-state index is 7.62. The lowest BCUT2D eigenvalue weighted by atomic mass is 9.74. The number of nitrogen functional groups attached to an aromatic ring is 1. The van der Waals surface area contributed by atoms with Crippen molar-refractivity contribution in [1.29, 1.82) is 5.41 Å². The van der Waals surface area contributed by atoms with Crippen molar-refractivity contribution in [3.63, 3.8) is 0 Å². The van der Waals surface area contributed by atoms with Crippen LogP contribution in [0.15, 0.2) is 18.2 Å². The Bertz CT molecular complexity index is 529. The fourth-order valence-corrected chi connectivity index (χ4v) is 3.16. The van der Waals surface area contributed by atoms with Gasteiger partial charge in [-0.25, -0.2) is 0 Å². The van der Waals surface area contributed by atoms with Crippen molar-refractivity contribution in [1.82, 2.24) is 0 Å². The molecule has 1 aromatic rings. The number of nitrogens with one attached hydrogen (secondary N) is 1. The first-order chi connectivity index (χ1) is 9.58. The van der Waals surface area contributed by atoms with Crippen molar-refractivity contribution in [2.45, 2.75) is 43.8 Å². The standard InChI is InChI=1S/C15H19ClN2O2/c16-10-2-3-12(14(17)18)13(8-10)20-11-4-7-19-15(9-11)5-1-6-15/h2-3,8,11H,1,4-7,9H2,(H3,17,18). The molecule has 5 heteroatoms. The van der Waals surface area contributed by atoms with Crippen molar-refractivity contribution in [2.24, 2.45) is 5.73 Å². The second-order valence-electron chi connectivity index (χ2n) is 5.67. The quantitative estimate of drug-likeness (QED) is 0.665. The van der Waals surface area contributed by atoms with Crippen LogP contribution in [0.25, 0.3) is 0 Å². The summed E-state index contributed by atoms with van der Waals surface area (Å²) in [4.78, 5) is 0. The number of halogens is 1. The highest BCUT2D eigenvalue weighted by Crippen LogP contribution is 2.43. The Labute approximate surface area is 123 Å². The third kappa shape index (κ3) is 2.63. The number of amidine groups is 1. The lowest BCUT2D eigenvalue weighted by Crippen LogP contribution is -2.48. The van der Waals surface area contributed by atoms with Crippen LogP contribution in [0.1, 0.15) is 37.7 Å². The van der Waals surface area contributed by atoms with E-state index >= 15 is 0 Å². The molecule has 0 amide bonds. The van der Waals surface area contributed by atoms with Crippen LogP contribution in [-0.4, -0.2) is 24.1 Å². The molecular weight excluding hydrogens is 276 g/mol. The molecule has 2 aliphatic rings. The number of benzene rings is 1. The van der Waals surface area contributed by atoms with Gasteiger partial charge in [0.25, 0.3) is 0 Å². The van der Waals surface area contributed by atoms with Crippen molar-refractivity contribution in [2.75, 3.05) is 6.61 Å². The molecule has 1 unspecified atom stereocenters. The summed E-state index contributed by atoms with van der Waals surface area (Å²) in [6.45, 7) is 0.737. The summed E-state index contributed by atoms with van der Waals surface area (Å²) >= 11 is 6.02. The molecule has 4 nitrogen and oxygen atoms in total. The zero-order chi connectivity index (χ0) is 14.2. The highest BCUT2D eigenvalue weighted by molar-refractivity contribution is 6.30. The molecule has 1 atom stereocenters. The lowest BCUT2D eigenvalue weighted by molar-refractivity contribution is -0.153. The zero-order valence-electron chi connectivity index (χ0n) is 11.3. The average Bonchev–Trinajstić information content (AvgIpc) is 2.37. The molecule has 0 radical (unpaired) electrons. The second-order valence-corrected chi connectivity index (χ2v) is 6.11. The first-order valence-electron chi connectivity index (χ1n) is 7.03. The van der Waals surface area contributed by atoms with Gasteiger partial charge in [0, 0.05) is 17.9 Å². The van der Waals surface area contributed by atoms with Crippen LogP contribution < -0.4 is 10.5 Å². The van der Waals surface area contributed by atoms with Gasteiger partial charge < -0.3 is 15.2 Å². The van der Waals surface area contributed by atoms with Gasteiger partial charge in [-0.15, -0.1) is 0 Å². The summed E-state index contributed by atoms with van der Waals surface area (Å²) in [6.07, 6.45) is 5.38. The molecule has 3 rings (SSSR count). The van der Waals surface area contributed by atoms with Gasteiger partial charge in [-0.1, -0.05) is 11.6 Å². The van der Waals surface area contributed by atoms with Crippen LogP contribution in [0, 0.1) is 5.41 Å². The van der Waals surface area contributed by atoms with Crippen LogP contribution in [0.4, 0.5) is 0 Å². The van der Waals surface area contributed by atoms with Crippen LogP contribution in [0.3, 0.4) is 0 Å². The molecule has 0 aromatic heterocycles. The molecule has 3 N–H and O–H groups in total. The van der Waals surface area contributed by atoms with E-state index in [9.17, 15) is 0 Å². The largest absolute Gasteiger partial charge is 0.489 e. The van der Waals surface area contributed by atoms with Crippen molar-refractivity contribution < 1.29 is 9.47 Å². The smallest absolute Gasteiger partial charge is 0.132 e. The van der Waals surface area contributed by atoms with Gasteiger partial charge in [0.1, 0.15) is 17.7 Å². The Morgan fingerprint density at radius 1 is 1.45 bits per heavy atom. The molecule has 108 valence electrons. The molecule has 2 fully saturated rings. The number of nitrogens with two attached hydrogens (primary N) is 1. The highest BCUT2D eigenvalue weighted by atomic mass is 35.5. The SMILES string of the molecule is N=C(N)c1ccc(Cl)cc1OC1CCOC2(CCC2)C1. The van der Waals surface area contributed by atoms with Gasteiger partial charge in [0.2, 0.25) is 0 Å². The Hall–Kier alpha value is -1.26. The minimum atomic E-state index is 0.00193. The predicted octanol–water partition coefficient (Wildman–Crippen LogP) is 3.10. The molecule has 1 aliphatic heterocycles. The third-order valence-corrected chi connectivity index (χ3v) is 4.48. The van der Waals surface area contributed by atoms with Gasteiger partial charge >= 0.3 is 0 Å². The fraction of sp³-hybridized carbons (Fsp3) is 0.533. The summed E-state index contributed by atoms with van der Waals surface area (Å²) in [7, 11) is 0. The summed E-state index contributed by atoms with van der Waals surface area (Å²) in [5, 5.41) is 8.21. The van der Waals surface area contributed by atoms with Gasteiger partial charge in [-0.2, -0.15) is 0 Å². The summed E-state index contributed by atoms with van der Waals surface area (Å²) in [5.41, 5.74) is 6.24. The molecule has 20 heavy (non-hydrogen) atoms. The topological polar surface area (TPSA) is 68.3 Å². The zero-order valence-corrected chi connectivity index (χ0v) is 12.1. The second kappa shape index (κ2) is 5.26. The van der Waals surface area contributed by atoms with Gasteiger partial charge in [-0.3, -0.25) is 5.41 Å². The molecular formula is C15H19ClN2O2. The van der Waals surface area contributed by atoms with E-state index in [1.807, 2.05) is 0 Å². The highest BCUT2D eigenvalue weighted by Gasteiger charge is 2.43. The van der Waals surface area contributed by atoms with Crippen LogP contribution >= 0.6 is 11.6 Å². The van der Waals surface area contributed by atoms with Gasteiger partial charge in [0.05, 0.1) is 17.8 Å². The molecule has 1 saturated carbocycles. The summed E-state index contributed by atoms with van der Waals surface area (Å²) < 4.78 is 12.0. The van der Waals surface area contributed by atoms with E-state index < -0.39 is 0 Å². The Morgan fingerprint density at radius 2 is 2.25 bits per heavy atom. The van der Waals surface area contributed by atoms with Crippen LogP contribution in [0.5, 0.6) is 5.75 Å². The predicted molar refractivity (Wildman–Crippen MR) is 78.7 cm³/mol. The Balaban J connectivity index is 1.76. The summed E-state index contributed by atoms with van der Waals surface area (Å²) in [6, 6.07) is 5.20. The molecule has 1 heterocycles. The lowest BCUT2D eigenvalue weighted by Gasteiger charge is -2.47. The fourth-order valence-electron chi connectivity index (χ4n) is 3.00. The van der Waals surface area contributed by atoms with Crippen LogP contribution in [0.2, 0.25) is 5.02 Å². The first kappa shape index (κ1) is 13.7. The van der Waals surface area contributed by atoms with E-state index in [-0.39, 0.29) is 17.5 Å². The monoisotopic (exact) mass is 294 g/mol. The number of rotatable bonds is 3. The van der Waals surface area contributed by atoms with E-state index in [0.717, 1.165) is 32.3 Å². The third-order valence-electron chi connectivity index (χ3n) is 4.24. The molecule has 0 bridgehead atoms. The van der Waals surface area contributed by atoms with E-state index in [0.29, 0.717) is 16.3 Å². The maximum absolute atomic E-state index is 7.62. The molecule has 1 spiro atoms. The van der Waals surface area contributed by atoms with E-state index in [4.69, 9.17) is 32.2 Å². The average molecular weight is 295 g/mol. The maximum Gasteiger partial charge on any atom is 0.132 e. The molecule has 1 aromatic carbocycles. The Kier molecular flexibility index (Phi) is 3.61. The minimum absolute atomic E-state index is 0.00193.